The van der Waals surface area contributed by atoms with E-state index in [2.05, 4.69) is 20.3 Å². The van der Waals surface area contributed by atoms with Gasteiger partial charge in [-0.25, -0.2) is 8.42 Å². The van der Waals surface area contributed by atoms with Gasteiger partial charge >= 0.3 is 0 Å². The number of sulfonamides is 1. The van der Waals surface area contributed by atoms with Crippen molar-refractivity contribution >= 4 is 66.7 Å². The highest BCUT2D eigenvalue weighted by Crippen LogP contribution is 2.38. The second-order valence-electron chi connectivity index (χ2n) is 9.99. The van der Waals surface area contributed by atoms with Crippen LogP contribution in [-0.2, 0) is 10.0 Å². The Balaban J connectivity index is 1.45. The predicted octanol–water partition coefficient (Wildman–Crippen LogP) is 8.04. The van der Waals surface area contributed by atoms with Crippen molar-refractivity contribution in [1.82, 2.24) is 0 Å². The fourth-order valence-corrected chi connectivity index (χ4v) is 5.71. The third kappa shape index (κ3) is 6.45. The number of azo groups is 1. The molecule has 0 unspecified atom stereocenters. The minimum absolute atomic E-state index is 0.0215. The molecule has 43 heavy (non-hydrogen) atoms. The Morgan fingerprint density at radius 2 is 1.49 bits per heavy atom. The summed E-state index contributed by atoms with van der Waals surface area (Å²) in [6.07, 6.45) is 0. The van der Waals surface area contributed by atoms with Gasteiger partial charge in [-0.3, -0.25) is 9.52 Å². The van der Waals surface area contributed by atoms with Crippen LogP contribution in [0.25, 0.3) is 10.8 Å². The van der Waals surface area contributed by atoms with E-state index in [1.165, 1.54) is 36.4 Å². The first-order valence-corrected chi connectivity index (χ1v) is 15.0. The lowest BCUT2D eigenvalue weighted by atomic mass is 10.0. The average Bonchev–Trinajstić information content (AvgIpc) is 2.98. The molecule has 5 aromatic rings. The molecule has 9 nitrogen and oxygen atoms in total. The van der Waals surface area contributed by atoms with Crippen LogP contribution in [0.4, 0.5) is 28.4 Å². The molecular formula is C32H28ClN5O4S. The molecule has 0 aliphatic rings. The highest BCUT2D eigenvalue weighted by molar-refractivity contribution is 7.92. The van der Waals surface area contributed by atoms with Crippen molar-refractivity contribution < 1.29 is 18.3 Å². The van der Waals surface area contributed by atoms with Crippen LogP contribution in [0.3, 0.4) is 0 Å². The zero-order chi connectivity index (χ0) is 30.7. The third-order valence-electron chi connectivity index (χ3n) is 6.67. The highest BCUT2D eigenvalue weighted by Gasteiger charge is 2.19. The van der Waals surface area contributed by atoms with E-state index in [4.69, 9.17) is 11.6 Å². The van der Waals surface area contributed by atoms with Crippen molar-refractivity contribution in [2.24, 2.45) is 10.2 Å². The molecule has 3 N–H and O–H groups in total. The SMILES string of the molecule is Cc1ccc(S(=O)(=O)Nc2ccc(N=Nc3cc(C(=O)Nc4ccccc4N(C)C)c(O)c4ccccc34)c(Cl)c2)cc1. The summed E-state index contributed by atoms with van der Waals surface area (Å²) >= 11 is 6.45. The van der Waals surface area contributed by atoms with Crippen molar-refractivity contribution in [2.45, 2.75) is 11.8 Å². The minimum Gasteiger partial charge on any atom is -0.506 e. The number of phenolic OH excluding ortho intramolecular Hbond substituents is 1. The summed E-state index contributed by atoms with van der Waals surface area (Å²) in [6.45, 7) is 1.87. The van der Waals surface area contributed by atoms with Gasteiger partial charge in [-0.15, -0.1) is 10.2 Å². The lowest BCUT2D eigenvalue weighted by molar-refractivity contribution is 0.102. The van der Waals surface area contributed by atoms with Crippen LogP contribution in [0, 0.1) is 6.92 Å². The number of phenols is 1. The van der Waals surface area contributed by atoms with Crippen molar-refractivity contribution in [2.75, 3.05) is 29.0 Å². The first-order chi connectivity index (χ1) is 20.5. The molecule has 0 aliphatic heterocycles. The molecular weight excluding hydrogens is 586 g/mol. The number of carbonyl (C=O) groups excluding carboxylic acids is 1. The number of amides is 1. The molecule has 0 aromatic heterocycles. The van der Waals surface area contributed by atoms with Crippen LogP contribution in [0.15, 0.2) is 112 Å². The molecule has 0 bridgehead atoms. The lowest BCUT2D eigenvalue weighted by Crippen LogP contribution is -2.16. The molecule has 0 atom stereocenters. The standard InChI is InChI=1S/C32H28ClN5O4S/c1-20-12-15-22(16-13-20)43(41,42)37-21-14-17-27(26(33)18-21)35-36-29-19-25(31(39)24-9-5-4-8-23(24)29)32(40)34-28-10-6-7-11-30(28)38(2)3/h4-19,37,39H,1-3H3,(H,34,40). The quantitative estimate of drug-likeness (QED) is 0.153. The van der Waals surface area contributed by atoms with Gasteiger partial charge in [0.2, 0.25) is 0 Å². The molecule has 0 spiro atoms. The molecule has 0 fully saturated rings. The number of halogens is 1. The Labute approximate surface area is 254 Å². The van der Waals surface area contributed by atoms with E-state index in [-0.39, 0.29) is 32.6 Å². The van der Waals surface area contributed by atoms with Gasteiger partial charge in [-0.1, -0.05) is 65.7 Å². The zero-order valence-electron chi connectivity index (χ0n) is 23.5. The topological polar surface area (TPSA) is 123 Å². The van der Waals surface area contributed by atoms with E-state index in [1.807, 2.05) is 44.1 Å². The van der Waals surface area contributed by atoms with Crippen LogP contribution in [-0.4, -0.2) is 33.5 Å². The normalized spacial score (nSPS) is 11.5. The number of rotatable bonds is 8. The third-order valence-corrected chi connectivity index (χ3v) is 8.37. The summed E-state index contributed by atoms with van der Waals surface area (Å²) in [5.41, 5.74) is 3.22. The molecule has 0 saturated heterocycles. The van der Waals surface area contributed by atoms with Crippen molar-refractivity contribution in [3.8, 4) is 5.75 Å². The minimum atomic E-state index is -3.81. The number of aryl methyl sites for hydroxylation is 1. The van der Waals surface area contributed by atoms with Crippen LogP contribution in [0.2, 0.25) is 5.02 Å². The number of aromatic hydroxyl groups is 1. The molecule has 0 aliphatic carbocycles. The number of hydrogen-bond donors (Lipinski definition) is 3. The molecule has 1 amide bonds. The second kappa shape index (κ2) is 12.1. The first-order valence-electron chi connectivity index (χ1n) is 13.2. The number of fused-ring (bicyclic) bond motifs is 1. The van der Waals surface area contributed by atoms with Gasteiger partial charge in [-0.05, 0) is 55.5 Å². The molecule has 11 heteroatoms. The van der Waals surface area contributed by atoms with Gasteiger partial charge in [0.25, 0.3) is 15.9 Å². The van der Waals surface area contributed by atoms with E-state index < -0.39 is 15.9 Å². The second-order valence-corrected chi connectivity index (χ2v) is 12.1. The largest absolute Gasteiger partial charge is 0.506 e. The molecule has 0 heterocycles. The highest BCUT2D eigenvalue weighted by atomic mass is 35.5. The monoisotopic (exact) mass is 613 g/mol. The predicted molar refractivity (Wildman–Crippen MR) is 172 cm³/mol. The number of benzene rings is 5. The summed E-state index contributed by atoms with van der Waals surface area (Å²) in [4.78, 5) is 15.4. The van der Waals surface area contributed by atoms with E-state index in [0.29, 0.717) is 22.1 Å². The first kappa shape index (κ1) is 29.6. The van der Waals surface area contributed by atoms with Crippen molar-refractivity contribution in [3.63, 3.8) is 0 Å². The van der Waals surface area contributed by atoms with E-state index in [0.717, 1.165) is 11.3 Å². The van der Waals surface area contributed by atoms with Gasteiger partial charge in [-0.2, -0.15) is 0 Å². The molecule has 5 aromatic carbocycles. The van der Waals surface area contributed by atoms with Crippen molar-refractivity contribution in [3.05, 3.63) is 113 Å². The average molecular weight is 614 g/mol. The Hall–Kier alpha value is -4.93. The summed E-state index contributed by atoms with van der Waals surface area (Å²) in [6, 6.07) is 26.8. The van der Waals surface area contributed by atoms with E-state index in [9.17, 15) is 18.3 Å². The lowest BCUT2D eigenvalue weighted by Gasteiger charge is -2.18. The Bertz CT molecular complexity index is 1980. The number of anilines is 3. The Kier molecular flexibility index (Phi) is 8.33. The molecule has 218 valence electrons. The van der Waals surface area contributed by atoms with E-state index in [1.54, 1.807) is 42.5 Å². The van der Waals surface area contributed by atoms with Crippen LogP contribution in [0.1, 0.15) is 15.9 Å². The summed E-state index contributed by atoms with van der Waals surface area (Å²) in [5.74, 6) is -0.699. The fraction of sp³-hybridized carbons (Fsp3) is 0.0938. The van der Waals surface area contributed by atoms with Gasteiger partial charge in [0.15, 0.2) is 0 Å². The number of para-hydroxylation sites is 2. The maximum Gasteiger partial charge on any atom is 0.261 e. The zero-order valence-corrected chi connectivity index (χ0v) is 25.1. The Morgan fingerprint density at radius 3 is 2.19 bits per heavy atom. The van der Waals surface area contributed by atoms with Gasteiger partial charge in [0, 0.05) is 24.9 Å². The number of nitrogens with zero attached hydrogens (tertiary/aromatic N) is 3. The van der Waals surface area contributed by atoms with Crippen LogP contribution in [0.5, 0.6) is 5.75 Å². The number of carbonyl (C=O) groups is 1. The number of hydrogen-bond acceptors (Lipinski definition) is 7. The van der Waals surface area contributed by atoms with Crippen LogP contribution >= 0.6 is 11.6 Å². The van der Waals surface area contributed by atoms with Gasteiger partial charge in [0.1, 0.15) is 11.4 Å². The fourth-order valence-electron chi connectivity index (χ4n) is 4.45. The van der Waals surface area contributed by atoms with Gasteiger partial charge in [0.05, 0.1) is 38.2 Å². The summed E-state index contributed by atoms with van der Waals surface area (Å²) in [7, 11) is -0.0760. The van der Waals surface area contributed by atoms with Crippen LogP contribution < -0.4 is 14.9 Å². The maximum atomic E-state index is 13.4. The molecule has 0 saturated carbocycles. The molecule has 5 rings (SSSR count). The Morgan fingerprint density at radius 1 is 0.837 bits per heavy atom. The summed E-state index contributed by atoms with van der Waals surface area (Å²) < 4.78 is 28.1. The smallest absolute Gasteiger partial charge is 0.261 e. The van der Waals surface area contributed by atoms with E-state index >= 15 is 0 Å². The molecule has 0 radical (unpaired) electrons. The van der Waals surface area contributed by atoms with Gasteiger partial charge < -0.3 is 15.3 Å². The maximum absolute atomic E-state index is 13.4. The number of nitrogens with one attached hydrogen (secondary N) is 2. The summed E-state index contributed by atoms with van der Waals surface area (Å²) in [5, 5.41) is 23.7. The van der Waals surface area contributed by atoms with Crippen molar-refractivity contribution in [1.29, 1.82) is 0 Å².